The van der Waals surface area contributed by atoms with Crippen LogP contribution in [0.5, 0.6) is 0 Å². The number of aromatic nitrogens is 3. The molecular formula is C22H21FN4O. The lowest BCUT2D eigenvalue weighted by Gasteiger charge is -2.06. The van der Waals surface area contributed by atoms with Gasteiger partial charge in [0.25, 0.3) is 5.91 Å². The predicted molar refractivity (Wildman–Crippen MR) is 109 cm³/mol. The molecule has 0 aliphatic rings. The molecule has 2 heterocycles. The van der Waals surface area contributed by atoms with Gasteiger partial charge in [-0.25, -0.2) is 4.39 Å². The van der Waals surface area contributed by atoms with Crippen molar-refractivity contribution in [3.63, 3.8) is 0 Å². The molecule has 142 valence electrons. The van der Waals surface area contributed by atoms with Crippen molar-refractivity contribution in [3.05, 3.63) is 65.6 Å². The monoisotopic (exact) mass is 376 g/mol. The van der Waals surface area contributed by atoms with E-state index in [0.717, 1.165) is 33.4 Å². The predicted octanol–water partition coefficient (Wildman–Crippen LogP) is 4.38. The van der Waals surface area contributed by atoms with Crippen LogP contribution in [0.1, 0.15) is 16.1 Å². The largest absolute Gasteiger partial charge is 0.354 e. The first-order valence-corrected chi connectivity index (χ1v) is 8.99. The minimum absolute atomic E-state index is 0.137. The minimum atomic E-state index is -0.245. The summed E-state index contributed by atoms with van der Waals surface area (Å²) < 4.78 is 16.0. The van der Waals surface area contributed by atoms with Gasteiger partial charge in [0.1, 0.15) is 5.82 Å². The maximum absolute atomic E-state index is 14.3. The number of aryl methyl sites for hydroxylation is 2. The minimum Gasteiger partial charge on any atom is -0.354 e. The van der Waals surface area contributed by atoms with Gasteiger partial charge >= 0.3 is 0 Å². The van der Waals surface area contributed by atoms with Crippen LogP contribution in [-0.4, -0.2) is 39.7 Å². The number of H-pyrrole nitrogens is 1. The molecule has 0 fully saturated rings. The molecule has 28 heavy (non-hydrogen) atoms. The number of nitrogens with one attached hydrogen (secondary N) is 1. The topological polar surface area (TPSA) is 53.9 Å². The summed E-state index contributed by atoms with van der Waals surface area (Å²) in [5.74, 6) is -0.382. The average molecular weight is 376 g/mol. The second-order valence-corrected chi connectivity index (χ2v) is 7.15. The van der Waals surface area contributed by atoms with E-state index in [0.29, 0.717) is 11.3 Å². The van der Waals surface area contributed by atoms with Gasteiger partial charge in [-0.1, -0.05) is 18.2 Å². The summed E-state index contributed by atoms with van der Waals surface area (Å²) in [7, 11) is 5.22. The van der Waals surface area contributed by atoms with E-state index in [9.17, 15) is 9.18 Å². The highest BCUT2D eigenvalue weighted by Crippen LogP contribution is 2.31. The smallest absolute Gasteiger partial charge is 0.273 e. The Morgan fingerprint density at radius 1 is 1.14 bits per heavy atom. The van der Waals surface area contributed by atoms with Crippen LogP contribution in [0.25, 0.3) is 33.4 Å². The van der Waals surface area contributed by atoms with E-state index in [2.05, 4.69) is 10.1 Å². The van der Waals surface area contributed by atoms with Crippen molar-refractivity contribution in [1.82, 2.24) is 19.7 Å². The molecule has 5 nitrogen and oxygen atoms in total. The van der Waals surface area contributed by atoms with Gasteiger partial charge in [-0.05, 0) is 42.8 Å². The normalized spacial score (nSPS) is 11.2. The lowest BCUT2D eigenvalue weighted by molar-refractivity contribution is 0.0821. The molecule has 2 aromatic carbocycles. The summed E-state index contributed by atoms with van der Waals surface area (Å²) in [5.41, 5.74) is 5.32. The summed E-state index contributed by atoms with van der Waals surface area (Å²) in [5, 5.41) is 5.30. The molecule has 6 heteroatoms. The lowest BCUT2D eigenvalue weighted by Crippen LogP contribution is -2.22. The Labute approximate surface area is 162 Å². The number of hydrogen-bond acceptors (Lipinski definition) is 2. The molecule has 0 aliphatic heterocycles. The zero-order valence-electron chi connectivity index (χ0n) is 16.2. The molecule has 0 spiro atoms. The third-order valence-corrected chi connectivity index (χ3v) is 4.91. The maximum Gasteiger partial charge on any atom is 0.273 e. The molecule has 0 saturated carbocycles. The lowest BCUT2D eigenvalue weighted by atomic mass is 10.0. The van der Waals surface area contributed by atoms with Crippen LogP contribution in [0.15, 0.2) is 48.5 Å². The first-order chi connectivity index (χ1) is 13.3. The number of hydrogen-bond donors (Lipinski definition) is 1. The van der Waals surface area contributed by atoms with E-state index < -0.39 is 0 Å². The molecule has 1 amide bonds. The number of carbonyl (C=O) groups excluding carboxylic acids is 1. The Morgan fingerprint density at radius 2 is 1.93 bits per heavy atom. The standard InChI is InChI=1S/C22H21FN4O/c1-13-6-5-7-16(23)21(13)18-11-15-10-14(8-9-17(15)24-18)20-12-19(25-27(20)4)22(28)26(2)3/h5-12,24H,1-4H3. The highest BCUT2D eigenvalue weighted by molar-refractivity contribution is 5.94. The highest BCUT2D eigenvalue weighted by atomic mass is 19.1. The first-order valence-electron chi connectivity index (χ1n) is 8.99. The summed E-state index contributed by atoms with van der Waals surface area (Å²) in [6, 6.07) is 14.8. The van der Waals surface area contributed by atoms with Gasteiger partial charge in [0.05, 0.1) is 5.69 Å². The number of nitrogens with zero attached hydrogens (tertiary/aromatic N) is 3. The number of rotatable bonds is 3. The van der Waals surface area contributed by atoms with Crippen molar-refractivity contribution >= 4 is 16.8 Å². The van der Waals surface area contributed by atoms with Gasteiger partial charge in [-0.15, -0.1) is 0 Å². The summed E-state index contributed by atoms with van der Waals surface area (Å²) in [6.45, 7) is 1.90. The number of aromatic amines is 1. The van der Waals surface area contributed by atoms with Crippen molar-refractivity contribution in [2.75, 3.05) is 14.1 Å². The van der Waals surface area contributed by atoms with E-state index in [4.69, 9.17) is 0 Å². The van der Waals surface area contributed by atoms with Crippen LogP contribution in [0.2, 0.25) is 0 Å². The molecule has 2 aromatic heterocycles. The fourth-order valence-electron chi connectivity index (χ4n) is 3.47. The van der Waals surface area contributed by atoms with Crippen molar-refractivity contribution in [3.8, 4) is 22.5 Å². The number of fused-ring (bicyclic) bond motifs is 1. The van der Waals surface area contributed by atoms with Gasteiger partial charge in [0.2, 0.25) is 0 Å². The second-order valence-electron chi connectivity index (χ2n) is 7.15. The molecule has 0 saturated heterocycles. The van der Waals surface area contributed by atoms with Gasteiger partial charge < -0.3 is 9.88 Å². The first kappa shape index (κ1) is 18.0. The van der Waals surface area contributed by atoms with Gasteiger partial charge in [0, 0.05) is 48.9 Å². The van der Waals surface area contributed by atoms with Gasteiger partial charge in [-0.3, -0.25) is 9.48 Å². The maximum atomic E-state index is 14.3. The van der Waals surface area contributed by atoms with Gasteiger partial charge in [-0.2, -0.15) is 5.10 Å². The molecule has 0 atom stereocenters. The molecule has 1 N–H and O–H groups in total. The molecule has 0 bridgehead atoms. The average Bonchev–Trinajstić information content (AvgIpc) is 3.23. The Morgan fingerprint density at radius 3 is 2.64 bits per heavy atom. The highest BCUT2D eigenvalue weighted by Gasteiger charge is 2.16. The molecule has 4 aromatic rings. The fraction of sp³-hybridized carbons (Fsp3) is 0.182. The van der Waals surface area contributed by atoms with Crippen molar-refractivity contribution < 1.29 is 9.18 Å². The van der Waals surface area contributed by atoms with E-state index >= 15 is 0 Å². The van der Waals surface area contributed by atoms with Crippen LogP contribution >= 0.6 is 0 Å². The van der Waals surface area contributed by atoms with Crippen molar-refractivity contribution in [2.45, 2.75) is 6.92 Å². The number of carbonyl (C=O) groups is 1. The molecule has 0 aliphatic carbocycles. The van der Waals surface area contributed by atoms with Crippen LogP contribution in [0.4, 0.5) is 4.39 Å². The van der Waals surface area contributed by atoms with Gasteiger partial charge in [0.15, 0.2) is 5.69 Å². The van der Waals surface area contributed by atoms with Crippen LogP contribution in [-0.2, 0) is 7.05 Å². The SMILES string of the molecule is Cc1cccc(F)c1-c1cc2cc(-c3cc(C(=O)N(C)C)nn3C)ccc2[nH]1. The molecule has 0 radical (unpaired) electrons. The van der Waals surface area contributed by atoms with Crippen LogP contribution in [0.3, 0.4) is 0 Å². The van der Waals surface area contributed by atoms with E-state index in [-0.39, 0.29) is 11.7 Å². The quantitative estimate of drug-likeness (QED) is 0.577. The summed E-state index contributed by atoms with van der Waals surface area (Å²) in [4.78, 5) is 17.0. The third kappa shape index (κ3) is 2.97. The second kappa shape index (κ2) is 6.64. The Hall–Kier alpha value is -3.41. The Balaban J connectivity index is 1.79. The molecule has 0 unspecified atom stereocenters. The zero-order valence-corrected chi connectivity index (χ0v) is 16.2. The molecule has 4 rings (SSSR count). The summed E-state index contributed by atoms with van der Waals surface area (Å²) >= 11 is 0. The third-order valence-electron chi connectivity index (χ3n) is 4.91. The zero-order chi connectivity index (χ0) is 20.0. The van der Waals surface area contributed by atoms with Crippen LogP contribution < -0.4 is 0 Å². The van der Waals surface area contributed by atoms with E-state index in [1.54, 1.807) is 30.9 Å². The number of amides is 1. The van der Waals surface area contributed by atoms with E-state index in [1.807, 2.05) is 44.3 Å². The van der Waals surface area contributed by atoms with E-state index in [1.165, 1.54) is 11.0 Å². The van der Waals surface area contributed by atoms with Crippen LogP contribution in [0, 0.1) is 12.7 Å². The summed E-state index contributed by atoms with van der Waals surface area (Å²) in [6.07, 6.45) is 0. The van der Waals surface area contributed by atoms with Crippen molar-refractivity contribution in [1.29, 1.82) is 0 Å². The Kier molecular flexibility index (Phi) is 4.26. The van der Waals surface area contributed by atoms with Crippen molar-refractivity contribution in [2.24, 2.45) is 7.05 Å². The number of halogens is 1. The Bertz CT molecular complexity index is 1180. The molecular weight excluding hydrogens is 355 g/mol. The fourth-order valence-corrected chi connectivity index (χ4v) is 3.47. The number of benzene rings is 2.